The Morgan fingerprint density at radius 3 is 2.50 bits per heavy atom. The van der Waals surface area contributed by atoms with E-state index < -0.39 is 9.89 Å². The van der Waals surface area contributed by atoms with E-state index in [1.165, 1.54) is 0 Å². The van der Waals surface area contributed by atoms with Crippen molar-refractivity contribution in [2.24, 2.45) is 0 Å². The number of hydrogen-bond donors (Lipinski definition) is 1. The topological polar surface area (TPSA) is 64.4 Å². The Hall–Kier alpha value is -0.650. The van der Waals surface area contributed by atoms with Gasteiger partial charge < -0.3 is 9.26 Å². The number of nitrogens with one attached hydrogen (secondary N) is 1. The fourth-order valence-electron chi connectivity index (χ4n) is 1.51. The summed E-state index contributed by atoms with van der Waals surface area (Å²) in [4.78, 5) is 11.5. The van der Waals surface area contributed by atoms with Crippen LogP contribution in [0, 0.1) is 0 Å². The highest BCUT2D eigenvalue weighted by Crippen LogP contribution is 2.31. The second-order valence-electron chi connectivity index (χ2n) is 4.66. The third-order valence-corrected chi connectivity index (χ3v) is 3.61. The van der Waals surface area contributed by atoms with Crippen LogP contribution in [0.3, 0.4) is 0 Å². The predicted molar refractivity (Wildman–Crippen MR) is 79.7 cm³/mol. The van der Waals surface area contributed by atoms with Crippen LogP contribution in [0.15, 0.2) is 10.6 Å². The van der Waals surface area contributed by atoms with Crippen LogP contribution in [0.1, 0.15) is 39.3 Å². The summed E-state index contributed by atoms with van der Waals surface area (Å²) in [6.07, 6.45) is 1.05. The summed E-state index contributed by atoms with van der Waals surface area (Å²) in [7, 11) is 0. The van der Waals surface area contributed by atoms with Crippen molar-refractivity contribution in [2.45, 2.75) is 42.8 Å². The number of carbonyl (C=O) groups excluding carboxylic acids is 1. The van der Waals surface area contributed by atoms with Gasteiger partial charge in [0.1, 0.15) is 6.61 Å². The molecule has 5 nitrogen and oxygen atoms in total. The zero-order valence-corrected chi connectivity index (χ0v) is 13.8. The third-order valence-electron chi connectivity index (χ3n) is 3.28. The molecule has 1 aromatic rings. The molecule has 0 saturated carbocycles. The van der Waals surface area contributed by atoms with Gasteiger partial charge in [0.15, 0.2) is 0 Å². The molecule has 0 bridgehead atoms. The minimum absolute atomic E-state index is 0.0924. The number of halogens is 3. The van der Waals surface area contributed by atoms with E-state index in [4.69, 9.17) is 44.1 Å². The Balaban J connectivity index is 2.62. The summed E-state index contributed by atoms with van der Waals surface area (Å²) < 4.78 is 8.13. The van der Waals surface area contributed by atoms with Crippen molar-refractivity contribution in [1.29, 1.82) is 0 Å². The first-order valence-electron chi connectivity index (χ1n) is 6.18. The zero-order valence-electron chi connectivity index (χ0n) is 11.5. The molecule has 0 aliphatic rings. The van der Waals surface area contributed by atoms with Crippen molar-refractivity contribution >= 4 is 46.8 Å². The van der Waals surface area contributed by atoms with Crippen LogP contribution in [0.5, 0.6) is 0 Å². The smallest absolute Gasteiger partial charge is 0.414 e. The Morgan fingerprint density at radius 2 is 2.00 bits per heavy atom. The number of rotatable bonds is 5. The molecule has 0 saturated heterocycles. The minimum atomic E-state index is -1.65. The molecule has 114 valence electrons. The lowest BCUT2D eigenvalue weighted by molar-refractivity contribution is 0.163. The third kappa shape index (κ3) is 5.04. The molecule has 0 spiro atoms. The lowest BCUT2D eigenvalue weighted by Crippen LogP contribution is -2.21. The Bertz CT molecular complexity index is 453. The molecule has 20 heavy (non-hydrogen) atoms. The van der Waals surface area contributed by atoms with E-state index in [0.29, 0.717) is 0 Å². The molecule has 1 rings (SSSR count). The summed E-state index contributed by atoms with van der Waals surface area (Å²) in [6.45, 7) is 5.86. The summed E-state index contributed by atoms with van der Waals surface area (Å²) in [6, 6.07) is 1.67. The molecular formula is C12H17Cl3N2O3. The van der Waals surface area contributed by atoms with E-state index >= 15 is 0 Å². The Labute approximate surface area is 132 Å². The number of amides is 1. The normalized spacial score (nSPS) is 12.3. The van der Waals surface area contributed by atoms with Gasteiger partial charge in [-0.2, -0.15) is 0 Å². The van der Waals surface area contributed by atoms with Crippen molar-refractivity contribution in [3.8, 4) is 0 Å². The van der Waals surface area contributed by atoms with Crippen LogP contribution >= 0.6 is 34.8 Å². The second kappa shape index (κ2) is 6.87. The summed E-state index contributed by atoms with van der Waals surface area (Å²) >= 11 is 16.4. The van der Waals surface area contributed by atoms with E-state index in [-0.39, 0.29) is 17.9 Å². The second-order valence-corrected chi connectivity index (χ2v) is 7.18. The van der Waals surface area contributed by atoms with Crippen molar-refractivity contribution in [2.75, 3.05) is 11.9 Å². The van der Waals surface area contributed by atoms with Crippen LogP contribution in [0.4, 0.5) is 10.7 Å². The van der Waals surface area contributed by atoms with Gasteiger partial charge in [-0.1, -0.05) is 60.7 Å². The molecule has 8 heteroatoms. The fraction of sp³-hybridized carbons (Fsp3) is 0.667. The van der Waals surface area contributed by atoms with Crippen LogP contribution in [-0.2, 0) is 10.2 Å². The number of anilines is 1. The molecule has 1 aromatic heterocycles. The highest BCUT2D eigenvalue weighted by Gasteiger charge is 2.27. The molecule has 1 N–H and O–H groups in total. The summed E-state index contributed by atoms with van der Waals surface area (Å²) in [5, 5.41) is 6.36. The van der Waals surface area contributed by atoms with Crippen molar-refractivity contribution < 1.29 is 14.1 Å². The Morgan fingerprint density at radius 1 is 1.40 bits per heavy atom. The van der Waals surface area contributed by atoms with Crippen molar-refractivity contribution in [3.63, 3.8) is 0 Å². The maximum atomic E-state index is 11.5. The zero-order chi connectivity index (χ0) is 15.4. The first-order chi connectivity index (χ1) is 9.20. The van der Waals surface area contributed by atoms with E-state index in [9.17, 15) is 4.79 Å². The number of alkyl halides is 3. The van der Waals surface area contributed by atoms with Gasteiger partial charge in [-0.05, 0) is 12.8 Å². The maximum absolute atomic E-state index is 11.5. The lowest BCUT2D eigenvalue weighted by atomic mass is 9.81. The molecular weight excluding hydrogens is 327 g/mol. The van der Waals surface area contributed by atoms with Crippen molar-refractivity contribution in [1.82, 2.24) is 5.16 Å². The largest absolute Gasteiger partial charge is 0.445 e. The molecule has 1 heterocycles. The van der Waals surface area contributed by atoms with Gasteiger partial charge in [-0.25, -0.2) is 4.79 Å². The molecule has 0 aliphatic carbocycles. The summed E-state index contributed by atoms with van der Waals surface area (Å²) in [5.41, 5.74) is 0.685. The van der Waals surface area contributed by atoms with Crippen LogP contribution in [0.25, 0.3) is 0 Å². The molecule has 1 amide bonds. The fourth-order valence-corrected chi connectivity index (χ4v) is 1.68. The first kappa shape index (κ1) is 17.4. The van der Waals surface area contributed by atoms with Gasteiger partial charge in [-0.15, -0.1) is 0 Å². The monoisotopic (exact) mass is 342 g/mol. The van der Waals surface area contributed by atoms with Gasteiger partial charge in [0.2, 0.25) is 9.68 Å². The van der Waals surface area contributed by atoms with Crippen LogP contribution in [-0.4, -0.2) is 21.6 Å². The molecule has 0 unspecified atom stereocenters. The number of hydrogen-bond acceptors (Lipinski definition) is 4. The minimum Gasteiger partial charge on any atom is -0.445 e. The maximum Gasteiger partial charge on any atom is 0.414 e. The van der Waals surface area contributed by atoms with Gasteiger partial charge in [0.25, 0.3) is 0 Å². The number of carbonyl (C=O) groups is 1. The van der Waals surface area contributed by atoms with Gasteiger partial charge in [0, 0.05) is 11.5 Å². The van der Waals surface area contributed by atoms with E-state index in [1.807, 2.05) is 0 Å². The number of ether oxygens (including phenoxy) is 1. The van der Waals surface area contributed by atoms with Gasteiger partial charge in [-0.3, -0.25) is 5.32 Å². The van der Waals surface area contributed by atoms with E-state index in [0.717, 1.165) is 18.5 Å². The highest BCUT2D eigenvalue weighted by molar-refractivity contribution is 6.67. The molecule has 0 radical (unpaired) electrons. The van der Waals surface area contributed by atoms with Crippen molar-refractivity contribution in [3.05, 3.63) is 11.8 Å². The molecule has 0 fully saturated rings. The molecule has 0 atom stereocenters. The standard InChI is InChI=1S/C12H17Cl3N2O3/c1-4-11(3,5-2)8-6-9(20-17-8)16-10(18)19-7-12(13,14)15/h6H,4-5,7H2,1-3H3,(H,16,18). The summed E-state index contributed by atoms with van der Waals surface area (Å²) in [5.74, 6) is 0.197. The van der Waals surface area contributed by atoms with Gasteiger partial charge in [0.05, 0.1) is 5.69 Å². The van der Waals surface area contributed by atoms with E-state index in [2.05, 4.69) is 31.2 Å². The van der Waals surface area contributed by atoms with Crippen LogP contribution in [0.2, 0.25) is 0 Å². The highest BCUT2D eigenvalue weighted by atomic mass is 35.6. The van der Waals surface area contributed by atoms with Gasteiger partial charge >= 0.3 is 6.09 Å². The Kier molecular flexibility index (Phi) is 5.98. The number of aromatic nitrogens is 1. The average molecular weight is 344 g/mol. The van der Waals surface area contributed by atoms with Crippen LogP contribution < -0.4 is 5.32 Å². The predicted octanol–water partition coefficient (Wildman–Crippen LogP) is 4.67. The SMILES string of the molecule is CCC(C)(CC)c1cc(NC(=O)OCC(Cl)(Cl)Cl)on1. The lowest BCUT2D eigenvalue weighted by Gasteiger charge is -2.22. The van der Waals surface area contributed by atoms with E-state index in [1.54, 1.807) is 6.07 Å². The quantitative estimate of drug-likeness (QED) is 0.789. The average Bonchev–Trinajstić information content (AvgIpc) is 2.83. The first-order valence-corrected chi connectivity index (χ1v) is 7.31. The molecule has 0 aliphatic heterocycles. The number of nitrogens with zero attached hydrogens (tertiary/aromatic N) is 1. The molecule has 0 aromatic carbocycles.